The third-order valence-corrected chi connectivity index (χ3v) is 4.42. The Morgan fingerprint density at radius 1 is 1.22 bits per heavy atom. The van der Waals surface area contributed by atoms with Crippen molar-refractivity contribution < 1.29 is 4.79 Å². The molecule has 0 spiro atoms. The van der Waals surface area contributed by atoms with Crippen LogP contribution in [0.1, 0.15) is 11.1 Å². The number of aromatic amines is 1. The molecule has 0 fully saturated rings. The Labute approximate surface area is 166 Å². The van der Waals surface area contributed by atoms with Crippen LogP contribution >= 0.6 is 23.2 Å². The summed E-state index contributed by atoms with van der Waals surface area (Å²) in [6.45, 7) is 2.00. The highest BCUT2D eigenvalue weighted by Gasteiger charge is 2.14. The first-order chi connectivity index (χ1) is 13.0. The van der Waals surface area contributed by atoms with Crippen molar-refractivity contribution in [3.8, 4) is 17.3 Å². The van der Waals surface area contributed by atoms with E-state index in [0.29, 0.717) is 21.3 Å². The molecule has 0 aliphatic carbocycles. The van der Waals surface area contributed by atoms with Gasteiger partial charge in [-0.25, -0.2) is 0 Å². The quantitative estimate of drug-likeness (QED) is 0.467. The summed E-state index contributed by atoms with van der Waals surface area (Å²) in [4.78, 5) is 12.5. The maximum Gasteiger partial charge on any atom is 0.266 e. The van der Waals surface area contributed by atoms with E-state index in [1.807, 2.05) is 37.3 Å². The molecule has 0 saturated carbocycles. The monoisotopic (exact) mass is 396 g/mol. The number of halogens is 2. The maximum absolute atomic E-state index is 12.5. The molecule has 0 saturated heterocycles. The summed E-state index contributed by atoms with van der Waals surface area (Å²) in [6, 6.07) is 14.4. The highest BCUT2D eigenvalue weighted by molar-refractivity contribution is 6.36. The van der Waals surface area contributed by atoms with Crippen LogP contribution in [0.15, 0.2) is 54.2 Å². The standard InChI is InChI=1S/C20H14Cl2N4O/c1-12-2-4-13(5-3-12)19-15(11-24-26-19)8-14(10-23)20(27)25-18-9-16(21)6-7-17(18)22/h2-9,11H,1H3,(H,24,26)(H,25,27). The number of aromatic nitrogens is 2. The molecule has 2 aromatic carbocycles. The van der Waals surface area contributed by atoms with Crippen molar-refractivity contribution in [2.75, 3.05) is 5.32 Å². The summed E-state index contributed by atoms with van der Waals surface area (Å²) in [5.74, 6) is -0.585. The molecule has 1 heterocycles. The Kier molecular flexibility index (Phi) is 5.60. The number of H-pyrrole nitrogens is 1. The van der Waals surface area contributed by atoms with Crippen molar-refractivity contribution in [1.29, 1.82) is 5.26 Å². The molecule has 5 nitrogen and oxygen atoms in total. The first-order valence-electron chi connectivity index (χ1n) is 7.96. The number of anilines is 1. The number of hydrogen-bond acceptors (Lipinski definition) is 3. The smallest absolute Gasteiger partial charge is 0.266 e. The number of carbonyl (C=O) groups excluding carboxylic acids is 1. The lowest BCUT2D eigenvalue weighted by molar-refractivity contribution is -0.112. The fraction of sp³-hybridized carbons (Fsp3) is 0.0500. The number of hydrogen-bond donors (Lipinski definition) is 2. The van der Waals surface area contributed by atoms with Crippen LogP contribution in [0.4, 0.5) is 5.69 Å². The number of amides is 1. The second-order valence-corrected chi connectivity index (χ2v) is 6.66. The van der Waals surface area contributed by atoms with Gasteiger partial charge >= 0.3 is 0 Å². The summed E-state index contributed by atoms with van der Waals surface area (Å²) in [7, 11) is 0. The minimum Gasteiger partial charge on any atom is -0.320 e. The van der Waals surface area contributed by atoms with Crippen LogP contribution < -0.4 is 5.32 Å². The lowest BCUT2D eigenvalue weighted by Gasteiger charge is -2.07. The van der Waals surface area contributed by atoms with Gasteiger partial charge in [-0.3, -0.25) is 9.89 Å². The summed E-state index contributed by atoms with van der Waals surface area (Å²) in [5, 5.41) is 19.7. The summed E-state index contributed by atoms with van der Waals surface area (Å²) < 4.78 is 0. The van der Waals surface area contributed by atoms with Gasteiger partial charge in [-0.2, -0.15) is 10.4 Å². The summed E-state index contributed by atoms with van der Waals surface area (Å²) in [6.07, 6.45) is 3.04. The molecule has 3 aromatic rings. The van der Waals surface area contributed by atoms with E-state index in [1.165, 1.54) is 12.1 Å². The molecule has 1 amide bonds. The van der Waals surface area contributed by atoms with E-state index in [0.717, 1.165) is 16.8 Å². The molecule has 7 heteroatoms. The lowest BCUT2D eigenvalue weighted by Crippen LogP contribution is -2.13. The maximum atomic E-state index is 12.5. The van der Waals surface area contributed by atoms with Crippen molar-refractivity contribution in [3.05, 3.63) is 75.4 Å². The van der Waals surface area contributed by atoms with Gasteiger partial charge in [0.25, 0.3) is 5.91 Å². The first-order valence-corrected chi connectivity index (χ1v) is 8.72. The van der Waals surface area contributed by atoms with Crippen LogP contribution in [0.25, 0.3) is 17.3 Å². The molecular weight excluding hydrogens is 383 g/mol. The van der Waals surface area contributed by atoms with Gasteiger partial charge in [0, 0.05) is 16.1 Å². The van der Waals surface area contributed by atoms with E-state index in [1.54, 1.807) is 18.3 Å². The fourth-order valence-corrected chi connectivity index (χ4v) is 2.78. The third-order valence-electron chi connectivity index (χ3n) is 3.85. The zero-order chi connectivity index (χ0) is 19.4. The lowest BCUT2D eigenvalue weighted by atomic mass is 10.0. The molecule has 3 rings (SSSR count). The largest absolute Gasteiger partial charge is 0.320 e. The first kappa shape index (κ1) is 18.7. The Morgan fingerprint density at radius 2 is 1.96 bits per heavy atom. The highest BCUT2D eigenvalue weighted by atomic mass is 35.5. The van der Waals surface area contributed by atoms with Gasteiger partial charge in [-0.05, 0) is 31.2 Å². The van der Waals surface area contributed by atoms with Crippen LogP contribution in [0.2, 0.25) is 10.0 Å². The SMILES string of the molecule is Cc1ccc(-c2[nH]ncc2C=C(C#N)C(=O)Nc2cc(Cl)ccc2Cl)cc1. The molecule has 0 atom stereocenters. The summed E-state index contributed by atoms with van der Waals surface area (Å²) in [5.41, 5.74) is 3.63. The topological polar surface area (TPSA) is 81.6 Å². The van der Waals surface area contributed by atoms with Gasteiger partial charge in [-0.15, -0.1) is 0 Å². The number of nitrogens with one attached hydrogen (secondary N) is 2. The van der Waals surface area contributed by atoms with E-state index in [2.05, 4.69) is 15.5 Å². The molecule has 0 aliphatic heterocycles. The van der Waals surface area contributed by atoms with Crippen LogP contribution in [-0.2, 0) is 4.79 Å². The van der Waals surface area contributed by atoms with Crippen molar-refractivity contribution in [3.63, 3.8) is 0 Å². The second-order valence-electron chi connectivity index (χ2n) is 5.81. The van der Waals surface area contributed by atoms with E-state index in [-0.39, 0.29) is 5.57 Å². The molecule has 134 valence electrons. The number of benzene rings is 2. The van der Waals surface area contributed by atoms with E-state index >= 15 is 0 Å². The normalized spacial score (nSPS) is 11.1. The predicted molar refractivity (Wildman–Crippen MR) is 107 cm³/mol. The van der Waals surface area contributed by atoms with Crippen molar-refractivity contribution in [2.24, 2.45) is 0 Å². The minimum absolute atomic E-state index is 0.0826. The molecule has 2 N–H and O–H groups in total. The summed E-state index contributed by atoms with van der Waals surface area (Å²) >= 11 is 12.0. The number of nitriles is 1. The molecule has 0 aliphatic rings. The van der Waals surface area contributed by atoms with Crippen LogP contribution in [0.5, 0.6) is 0 Å². The van der Waals surface area contributed by atoms with E-state index < -0.39 is 5.91 Å². The van der Waals surface area contributed by atoms with Gasteiger partial charge in [0.2, 0.25) is 0 Å². The Morgan fingerprint density at radius 3 is 2.67 bits per heavy atom. The molecule has 0 bridgehead atoms. The van der Waals surface area contributed by atoms with Gasteiger partial charge in [-0.1, -0.05) is 53.0 Å². The number of carbonyl (C=O) groups is 1. The molecule has 0 radical (unpaired) electrons. The number of aryl methyl sites for hydroxylation is 1. The Bertz CT molecular complexity index is 1060. The Balaban J connectivity index is 1.90. The van der Waals surface area contributed by atoms with Gasteiger partial charge in [0.05, 0.1) is 22.6 Å². The minimum atomic E-state index is -0.585. The van der Waals surface area contributed by atoms with Crippen LogP contribution in [0.3, 0.4) is 0 Å². The number of rotatable bonds is 4. The zero-order valence-corrected chi connectivity index (χ0v) is 15.8. The van der Waals surface area contributed by atoms with Gasteiger partial charge in [0.15, 0.2) is 0 Å². The molecule has 0 unspecified atom stereocenters. The zero-order valence-electron chi connectivity index (χ0n) is 14.3. The molecule has 27 heavy (non-hydrogen) atoms. The highest BCUT2D eigenvalue weighted by Crippen LogP contribution is 2.27. The van der Waals surface area contributed by atoms with Crippen LogP contribution in [0, 0.1) is 18.3 Å². The van der Waals surface area contributed by atoms with Crippen molar-refractivity contribution in [2.45, 2.75) is 6.92 Å². The predicted octanol–water partition coefficient (Wildman–Crippen LogP) is 5.24. The van der Waals surface area contributed by atoms with Crippen LogP contribution in [-0.4, -0.2) is 16.1 Å². The van der Waals surface area contributed by atoms with Gasteiger partial charge in [0.1, 0.15) is 11.6 Å². The molecule has 1 aromatic heterocycles. The van der Waals surface area contributed by atoms with E-state index in [4.69, 9.17) is 23.2 Å². The van der Waals surface area contributed by atoms with Crippen molar-refractivity contribution >= 4 is 40.9 Å². The second kappa shape index (κ2) is 8.09. The van der Waals surface area contributed by atoms with Crippen molar-refractivity contribution in [1.82, 2.24) is 10.2 Å². The van der Waals surface area contributed by atoms with E-state index in [9.17, 15) is 10.1 Å². The Hall–Kier alpha value is -3.07. The molecular formula is C20H14Cl2N4O. The average Bonchev–Trinajstić information content (AvgIpc) is 3.11. The average molecular weight is 397 g/mol. The fourth-order valence-electron chi connectivity index (χ4n) is 2.44. The van der Waals surface area contributed by atoms with Gasteiger partial charge < -0.3 is 5.32 Å². The third kappa shape index (κ3) is 4.37. The number of nitrogens with zero attached hydrogens (tertiary/aromatic N) is 2.